The molecular weight excluding hydrogens is 422 g/mol. The zero-order valence-electron chi connectivity index (χ0n) is 19.4. The van der Waals surface area contributed by atoms with E-state index in [1.807, 2.05) is 0 Å². The van der Waals surface area contributed by atoms with E-state index < -0.39 is 18.0 Å². The number of rotatable bonds is 7. The van der Waals surface area contributed by atoms with Crippen LogP contribution in [0.25, 0.3) is 0 Å². The standard InChI is InChI=1S/C24H31N5O4/c1-17-4-5-18(2)28(17)15-12-26-10-13-27(14-11-26)22(30)16-21-23(31)29(24(32)25-21)19-6-8-20(33-3)9-7-19/h4-9,21H,10-16H2,1-3H3,(H,25,32). The fourth-order valence-electron chi connectivity index (χ4n) is 4.46. The van der Waals surface area contributed by atoms with E-state index in [0.29, 0.717) is 24.5 Å². The molecule has 1 aromatic carbocycles. The second kappa shape index (κ2) is 9.66. The van der Waals surface area contributed by atoms with E-state index in [2.05, 4.69) is 40.8 Å². The predicted octanol–water partition coefficient (Wildman–Crippen LogP) is 1.77. The van der Waals surface area contributed by atoms with Crippen molar-refractivity contribution in [3.8, 4) is 5.75 Å². The number of benzene rings is 1. The molecule has 33 heavy (non-hydrogen) atoms. The van der Waals surface area contributed by atoms with Crippen molar-refractivity contribution in [1.29, 1.82) is 0 Å². The highest BCUT2D eigenvalue weighted by Gasteiger charge is 2.40. The molecule has 1 unspecified atom stereocenters. The molecule has 4 rings (SSSR count). The number of nitrogens with one attached hydrogen (secondary N) is 1. The zero-order valence-corrected chi connectivity index (χ0v) is 19.4. The first-order valence-electron chi connectivity index (χ1n) is 11.3. The number of anilines is 1. The lowest BCUT2D eigenvalue weighted by Gasteiger charge is -2.35. The number of aryl methyl sites for hydroxylation is 2. The summed E-state index contributed by atoms with van der Waals surface area (Å²) in [6, 6.07) is 9.58. The van der Waals surface area contributed by atoms with Gasteiger partial charge in [-0.05, 0) is 50.2 Å². The van der Waals surface area contributed by atoms with Crippen LogP contribution in [0.15, 0.2) is 36.4 Å². The van der Waals surface area contributed by atoms with Crippen LogP contribution >= 0.6 is 0 Å². The number of amides is 4. The van der Waals surface area contributed by atoms with Gasteiger partial charge in [-0.1, -0.05) is 0 Å². The lowest BCUT2D eigenvalue weighted by molar-refractivity contribution is -0.135. The maximum absolute atomic E-state index is 12.8. The molecule has 2 aromatic rings. The van der Waals surface area contributed by atoms with Crippen LogP contribution in [0.1, 0.15) is 17.8 Å². The van der Waals surface area contributed by atoms with E-state index in [4.69, 9.17) is 4.74 Å². The maximum atomic E-state index is 12.8. The number of hydrogen-bond acceptors (Lipinski definition) is 5. The number of methoxy groups -OCH3 is 1. The Morgan fingerprint density at radius 1 is 0.970 bits per heavy atom. The molecule has 2 saturated heterocycles. The molecule has 1 atom stereocenters. The van der Waals surface area contributed by atoms with Gasteiger partial charge in [-0.25, -0.2) is 9.69 Å². The SMILES string of the molecule is COc1ccc(N2C(=O)NC(CC(=O)N3CCN(CCn4c(C)ccc4C)CC3)C2=O)cc1. The Hall–Kier alpha value is -3.33. The Labute approximate surface area is 193 Å². The van der Waals surface area contributed by atoms with Crippen LogP contribution in [0.3, 0.4) is 0 Å². The Morgan fingerprint density at radius 2 is 1.61 bits per heavy atom. The minimum Gasteiger partial charge on any atom is -0.497 e. The molecule has 0 saturated carbocycles. The van der Waals surface area contributed by atoms with Crippen molar-refractivity contribution in [2.24, 2.45) is 0 Å². The lowest BCUT2D eigenvalue weighted by atomic mass is 10.1. The normalized spacial score (nSPS) is 19.2. The minimum absolute atomic E-state index is 0.0288. The quantitative estimate of drug-likeness (QED) is 0.646. The maximum Gasteiger partial charge on any atom is 0.329 e. The summed E-state index contributed by atoms with van der Waals surface area (Å²) in [6.07, 6.45) is -0.0288. The third-order valence-corrected chi connectivity index (χ3v) is 6.51. The van der Waals surface area contributed by atoms with Gasteiger partial charge in [0.2, 0.25) is 5.91 Å². The van der Waals surface area contributed by atoms with Crippen molar-refractivity contribution >= 4 is 23.5 Å². The Bertz CT molecular complexity index is 1000. The van der Waals surface area contributed by atoms with E-state index in [1.165, 1.54) is 11.4 Å². The molecule has 1 aromatic heterocycles. The van der Waals surface area contributed by atoms with Gasteiger partial charge in [0, 0.05) is 50.7 Å². The van der Waals surface area contributed by atoms with E-state index in [1.54, 1.807) is 36.3 Å². The van der Waals surface area contributed by atoms with Gasteiger partial charge in [0.25, 0.3) is 5.91 Å². The molecule has 2 aliphatic heterocycles. The first kappa shape index (κ1) is 22.8. The molecule has 9 heteroatoms. The number of ether oxygens (including phenoxy) is 1. The number of piperazine rings is 1. The van der Waals surface area contributed by atoms with E-state index >= 15 is 0 Å². The van der Waals surface area contributed by atoms with Crippen LogP contribution in [0.4, 0.5) is 10.5 Å². The highest BCUT2D eigenvalue weighted by atomic mass is 16.5. The van der Waals surface area contributed by atoms with E-state index in [0.717, 1.165) is 31.1 Å². The van der Waals surface area contributed by atoms with Crippen molar-refractivity contribution in [2.45, 2.75) is 32.9 Å². The molecule has 2 aliphatic rings. The van der Waals surface area contributed by atoms with Gasteiger partial charge in [0.15, 0.2) is 0 Å². The number of carbonyl (C=O) groups excluding carboxylic acids is 3. The van der Waals surface area contributed by atoms with Gasteiger partial charge >= 0.3 is 6.03 Å². The molecule has 3 heterocycles. The lowest BCUT2D eigenvalue weighted by Crippen LogP contribution is -2.50. The predicted molar refractivity (Wildman–Crippen MR) is 124 cm³/mol. The number of urea groups is 1. The largest absolute Gasteiger partial charge is 0.497 e. The summed E-state index contributed by atoms with van der Waals surface area (Å²) in [4.78, 5) is 43.3. The molecule has 0 spiro atoms. The van der Waals surface area contributed by atoms with Gasteiger partial charge < -0.3 is 19.5 Å². The van der Waals surface area contributed by atoms with Crippen LogP contribution < -0.4 is 15.0 Å². The molecule has 2 fully saturated rings. The smallest absolute Gasteiger partial charge is 0.329 e. The number of carbonyl (C=O) groups is 3. The highest BCUT2D eigenvalue weighted by molar-refractivity contribution is 6.22. The van der Waals surface area contributed by atoms with Crippen molar-refractivity contribution in [2.75, 3.05) is 44.7 Å². The summed E-state index contributed by atoms with van der Waals surface area (Å²) >= 11 is 0. The summed E-state index contributed by atoms with van der Waals surface area (Å²) in [6.45, 7) is 8.95. The molecule has 0 bridgehead atoms. The molecule has 0 aliphatic carbocycles. The number of imide groups is 1. The summed E-state index contributed by atoms with van der Waals surface area (Å²) in [7, 11) is 1.55. The van der Waals surface area contributed by atoms with Gasteiger partial charge in [-0.15, -0.1) is 0 Å². The van der Waals surface area contributed by atoms with Crippen LogP contribution in [-0.2, 0) is 16.1 Å². The number of aromatic nitrogens is 1. The Balaban J connectivity index is 1.27. The van der Waals surface area contributed by atoms with Gasteiger partial charge in [0.05, 0.1) is 19.2 Å². The second-order valence-electron chi connectivity index (χ2n) is 8.57. The van der Waals surface area contributed by atoms with Crippen LogP contribution in [0.2, 0.25) is 0 Å². The van der Waals surface area contributed by atoms with Crippen LogP contribution in [0.5, 0.6) is 5.75 Å². The fourth-order valence-corrected chi connectivity index (χ4v) is 4.46. The number of hydrogen-bond donors (Lipinski definition) is 1. The second-order valence-corrected chi connectivity index (χ2v) is 8.57. The summed E-state index contributed by atoms with van der Waals surface area (Å²) in [5.74, 6) is 0.117. The molecule has 0 radical (unpaired) electrons. The van der Waals surface area contributed by atoms with Crippen molar-refractivity contribution in [3.63, 3.8) is 0 Å². The summed E-state index contributed by atoms with van der Waals surface area (Å²) in [5, 5.41) is 2.65. The summed E-state index contributed by atoms with van der Waals surface area (Å²) < 4.78 is 7.43. The molecule has 176 valence electrons. The molecule has 4 amide bonds. The third kappa shape index (κ3) is 4.88. The topological polar surface area (TPSA) is 87.1 Å². The fraction of sp³-hybridized carbons (Fsp3) is 0.458. The molecular formula is C24H31N5O4. The average Bonchev–Trinajstić information content (AvgIpc) is 3.29. The summed E-state index contributed by atoms with van der Waals surface area (Å²) in [5.41, 5.74) is 2.97. The number of nitrogens with zero attached hydrogens (tertiary/aromatic N) is 4. The van der Waals surface area contributed by atoms with Gasteiger partial charge in [-0.2, -0.15) is 0 Å². The van der Waals surface area contributed by atoms with Gasteiger partial charge in [-0.3, -0.25) is 14.5 Å². The van der Waals surface area contributed by atoms with E-state index in [-0.39, 0.29) is 12.3 Å². The Morgan fingerprint density at radius 3 is 2.21 bits per heavy atom. The minimum atomic E-state index is -0.843. The third-order valence-electron chi connectivity index (χ3n) is 6.51. The highest BCUT2D eigenvalue weighted by Crippen LogP contribution is 2.24. The van der Waals surface area contributed by atoms with Crippen molar-refractivity contribution < 1.29 is 19.1 Å². The van der Waals surface area contributed by atoms with Crippen LogP contribution in [0, 0.1) is 13.8 Å². The average molecular weight is 454 g/mol. The van der Waals surface area contributed by atoms with Crippen molar-refractivity contribution in [3.05, 3.63) is 47.8 Å². The van der Waals surface area contributed by atoms with Crippen LogP contribution in [-0.4, -0.2) is 78.1 Å². The zero-order chi connectivity index (χ0) is 23.5. The van der Waals surface area contributed by atoms with Gasteiger partial charge in [0.1, 0.15) is 11.8 Å². The Kier molecular flexibility index (Phi) is 6.69. The molecule has 9 nitrogen and oxygen atoms in total. The van der Waals surface area contributed by atoms with Crippen molar-refractivity contribution in [1.82, 2.24) is 19.7 Å². The van der Waals surface area contributed by atoms with E-state index in [9.17, 15) is 14.4 Å². The molecule has 1 N–H and O–H groups in total. The first-order valence-corrected chi connectivity index (χ1v) is 11.3. The monoisotopic (exact) mass is 453 g/mol. The first-order chi connectivity index (χ1) is 15.9.